The number of halogens is 2. The third kappa shape index (κ3) is 3.72. The molecule has 0 aliphatic heterocycles. The van der Waals surface area contributed by atoms with Gasteiger partial charge in [-0.1, -0.05) is 36.2 Å². The van der Waals surface area contributed by atoms with Crippen LogP contribution in [-0.4, -0.2) is 16.5 Å². The zero-order valence-corrected chi connectivity index (χ0v) is 11.9. The largest absolute Gasteiger partial charge is 0.436 e. The Kier molecular flexibility index (Phi) is 4.82. The molecule has 0 aliphatic carbocycles. The van der Waals surface area contributed by atoms with E-state index in [4.69, 9.17) is 27.9 Å². The number of nitrogens with one attached hydrogen (secondary N) is 1. The first kappa shape index (κ1) is 13.9. The molecule has 0 spiro atoms. The van der Waals surface area contributed by atoms with Crippen LogP contribution in [0.4, 0.5) is 5.82 Å². The second-order valence-corrected chi connectivity index (χ2v) is 4.61. The highest BCUT2D eigenvalue weighted by Gasteiger charge is 2.08. The second-order valence-electron chi connectivity index (χ2n) is 3.82. The summed E-state index contributed by atoms with van der Waals surface area (Å²) in [6.07, 6.45) is 4.17. The first-order valence-electron chi connectivity index (χ1n) is 5.88. The van der Waals surface area contributed by atoms with Gasteiger partial charge in [-0.2, -0.15) is 4.98 Å². The minimum Gasteiger partial charge on any atom is -0.436 e. The zero-order chi connectivity index (χ0) is 13.7. The average Bonchev–Trinajstić information content (AvgIpc) is 2.42. The topological polar surface area (TPSA) is 47.0 Å². The summed E-state index contributed by atoms with van der Waals surface area (Å²) in [5, 5.41) is 3.93. The van der Waals surface area contributed by atoms with Crippen LogP contribution < -0.4 is 10.1 Å². The number of rotatable bonds is 5. The maximum absolute atomic E-state index is 6.05. The average molecular weight is 298 g/mol. The predicted octanol–water partition coefficient (Wildman–Crippen LogP) is 4.40. The molecule has 0 aliphatic rings. The molecule has 2 aromatic rings. The molecule has 2 rings (SSSR count). The van der Waals surface area contributed by atoms with E-state index in [1.54, 1.807) is 24.4 Å². The highest BCUT2D eigenvalue weighted by atomic mass is 35.5. The lowest BCUT2D eigenvalue weighted by atomic mass is 10.3. The maximum atomic E-state index is 6.05. The molecule has 6 heteroatoms. The standard InChI is InChI=1S/C13H13Cl2N3O/c1-2-6-17-11-7-16-8-12(18-11)19-10-5-3-4-9(14)13(10)15/h3-5,7-8H,2,6H2,1H3,(H,17,18). The molecular formula is C13H13Cl2N3O. The van der Waals surface area contributed by atoms with Crippen molar-refractivity contribution >= 4 is 29.0 Å². The molecule has 0 bridgehead atoms. The van der Waals surface area contributed by atoms with Gasteiger partial charge >= 0.3 is 0 Å². The fourth-order valence-electron chi connectivity index (χ4n) is 1.41. The number of hydrogen-bond acceptors (Lipinski definition) is 4. The molecule has 1 aromatic heterocycles. The third-order valence-corrected chi connectivity index (χ3v) is 3.10. The summed E-state index contributed by atoms with van der Waals surface area (Å²) >= 11 is 12.0. The van der Waals surface area contributed by atoms with Crippen molar-refractivity contribution in [3.05, 3.63) is 40.6 Å². The van der Waals surface area contributed by atoms with Gasteiger partial charge in [0, 0.05) is 6.54 Å². The van der Waals surface area contributed by atoms with Crippen LogP contribution in [0.1, 0.15) is 13.3 Å². The Morgan fingerprint density at radius 2 is 2.11 bits per heavy atom. The van der Waals surface area contributed by atoms with Crippen molar-refractivity contribution in [1.82, 2.24) is 9.97 Å². The predicted molar refractivity (Wildman–Crippen MR) is 77.3 cm³/mol. The number of ether oxygens (including phenoxy) is 1. The van der Waals surface area contributed by atoms with Gasteiger partial charge in [0.25, 0.3) is 0 Å². The van der Waals surface area contributed by atoms with Crippen LogP contribution in [0.25, 0.3) is 0 Å². The molecule has 0 saturated heterocycles. The van der Waals surface area contributed by atoms with Crippen LogP contribution in [0.15, 0.2) is 30.6 Å². The molecule has 0 atom stereocenters. The summed E-state index contributed by atoms with van der Waals surface area (Å²) in [7, 11) is 0. The molecule has 1 N–H and O–H groups in total. The van der Waals surface area contributed by atoms with E-state index in [9.17, 15) is 0 Å². The van der Waals surface area contributed by atoms with E-state index >= 15 is 0 Å². The summed E-state index contributed by atoms with van der Waals surface area (Å²) in [5.74, 6) is 1.49. The maximum Gasteiger partial charge on any atom is 0.239 e. The Bertz CT molecular complexity index is 563. The molecular weight excluding hydrogens is 285 g/mol. The Morgan fingerprint density at radius 3 is 2.89 bits per heavy atom. The number of hydrogen-bond donors (Lipinski definition) is 1. The van der Waals surface area contributed by atoms with Crippen molar-refractivity contribution in [2.45, 2.75) is 13.3 Å². The number of nitrogens with zero attached hydrogens (tertiary/aromatic N) is 2. The van der Waals surface area contributed by atoms with Gasteiger partial charge in [0.15, 0.2) is 0 Å². The SMILES string of the molecule is CCCNc1cncc(Oc2cccc(Cl)c2Cl)n1. The van der Waals surface area contributed by atoms with E-state index in [2.05, 4.69) is 22.2 Å². The van der Waals surface area contributed by atoms with Crippen LogP contribution in [-0.2, 0) is 0 Å². The van der Waals surface area contributed by atoms with Crippen molar-refractivity contribution in [1.29, 1.82) is 0 Å². The minimum atomic E-state index is 0.359. The van der Waals surface area contributed by atoms with Gasteiger partial charge in [0.1, 0.15) is 16.6 Å². The number of aromatic nitrogens is 2. The summed E-state index contributed by atoms with van der Waals surface area (Å²) in [5.41, 5.74) is 0. The van der Waals surface area contributed by atoms with Crippen LogP contribution in [0.2, 0.25) is 10.0 Å². The molecule has 19 heavy (non-hydrogen) atoms. The van der Waals surface area contributed by atoms with Gasteiger partial charge in [-0.3, -0.25) is 4.98 Å². The summed E-state index contributed by atoms with van der Waals surface area (Å²) in [4.78, 5) is 8.34. The van der Waals surface area contributed by atoms with E-state index in [-0.39, 0.29) is 0 Å². The first-order chi connectivity index (χ1) is 9.20. The van der Waals surface area contributed by atoms with Crippen LogP contribution >= 0.6 is 23.2 Å². The Hall–Kier alpha value is -1.52. The van der Waals surface area contributed by atoms with Gasteiger partial charge in [-0.15, -0.1) is 0 Å². The number of benzene rings is 1. The van der Waals surface area contributed by atoms with Crippen LogP contribution in [0, 0.1) is 0 Å². The first-order valence-corrected chi connectivity index (χ1v) is 6.64. The van der Waals surface area contributed by atoms with E-state index in [1.165, 1.54) is 6.20 Å². The molecule has 0 radical (unpaired) electrons. The normalized spacial score (nSPS) is 10.3. The molecule has 4 nitrogen and oxygen atoms in total. The molecule has 0 fully saturated rings. The van der Waals surface area contributed by atoms with Crippen molar-refractivity contribution in [3.8, 4) is 11.6 Å². The quantitative estimate of drug-likeness (QED) is 0.889. The van der Waals surface area contributed by atoms with Gasteiger partial charge in [-0.05, 0) is 18.6 Å². The Balaban J connectivity index is 2.16. The second kappa shape index (κ2) is 6.59. The fraction of sp³-hybridized carbons (Fsp3) is 0.231. The van der Waals surface area contributed by atoms with Crippen molar-refractivity contribution in [2.75, 3.05) is 11.9 Å². The van der Waals surface area contributed by atoms with E-state index in [1.807, 2.05) is 0 Å². The molecule has 0 unspecified atom stereocenters. The highest BCUT2D eigenvalue weighted by Crippen LogP contribution is 2.33. The monoisotopic (exact) mass is 297 g/mol. The van der Waals surface area contributed by atoms with Crippen LogP contribution in [0.5, 0.6) is 11.6 Å². The number of anilines is 1. The molecule has 1 aromatic carbocycles. The van der Waals surface area contributed by atoms with Crippen molar-refractivity contribution in [2.24, 2.45) is 0 Å². The molecule has 0 saturated carbocycles. The Labute approximate surface area is 121 Å². The van der Waals surface area contributed by atoms with Crippen LogP contribution in [0.3, 0.4) is 0 Å². The lowest BCUT2D eigenvalue weighted by molar-refractivity contribution is 0.461. The molecule has 1 heterocycles. The van der Waals surface area contributed by atoms with Gasteiger partial charge in [0.05, 0.1) is 17.4 Å². The lowest BCUT2D eigenvalue weighted by Gasteiger charge is -2.09. The van der Waals surface area contributed by atoms with Gasteiger partial charge in [0.2, 0.25) is 5.88 Å². The van der Waals surface area contributed by atoms with E-state index in [0.29, 0.717) is 27.5 Å². The van der Waals surface area contributed by atoms with Crippen molar-refractivity contribution in [3.63, 3.8) is 0 Å². The van der Waals surface area contributed by atoms with E-state index in [0.717, 1.165) is 13.0 Å². The summed E-state index contributed by atoms with van der Waals surface area (Å²) in [6.45, 7) is 2.91. The Morgan fingerprint density at radius 1 is 1.26 bits per heavy atom. The molecule has 0 amide bonds. The highest BCUT2D eigenvalue weighted by molar-refractivity contribution is 6.42. The van der Waals surface area contributed by atoms with Gasteiger partial charge < -0.3 is 10.1 Å². The summed E-state index contributed by atoms with van der Waals surface area (Å²) < 4.78 is 5.58. The van der Waals surface area contributed by atoms with E-state index < -0.39 is 0 Å². The van der Waals surface area contributed by atoms with Gasteiger partial charge in [-0.25, -0.2) is 0 Å². The molecule has 100 valence electrons. The van der Waals surface area contributed by atoms with Crippen molar-refractivity contribution < 1.29 is 4.74 Å². The minimum absolute atomic E-state index is 0.359. The zero-order valence-electron chi connectivity index (χ0n) is 10.4. The lowest BCUT2D eigenvalue weighted by Crippen LogP contribution is -2.03. The fourth-order valence-corrected chi connectivity index (χ4v) is 1.74. The summed E-state index contributed by atoms with van der Waals surface area (Å²) in [6, 6.07) is 5.18. The smallest absolute Gasteiger partial charge is 0.239 e. The third-order valence-electron chi connectivity index (χ3n) is 2.30.